The van der Waals surface area contributed by atoms with Crippen molar-refractivity contribution in [2.75, 3.05) is 0 Å². The Kier molecular flexibility index (Phi) is 4.17. The van der Waals surface area contributed by atoms with Gasteiger partial charge in [-0.05, 0) is 13.8 Å². The van der Waals surface area contributed by atoms with E-state index in [1.54, 1.807) is 20.9 Å². The number of halogens is 1. The first-order chi connectivity index (χ1) is 11.2. The van der Waals surface area contributed by atoms with Crippen molar-refractivity contribution in [1.82, 2.24) is 9.78 Å². The molecule has 1 aliphatic heterocycles. The zero-order valence-electron chi connectivity index (χ0n) is 13.7. The van der Waals surface area contributed by atoms with Crippen LogP contribution in [-0.4, -0.2) is 28.8 Å². The molecule has 24 heavy (non-hydrogen) atoms. The van der Waals surface area contributed by atoms with Gasteiger partial charge in [-0.1, -0.05) is 47.1 Å². The predicted octanol–water partition coefficient (Wildman–Crippen LogP) is 3.17. The standard InChI is InChI=1S/C16H18ClN3O3S/c1-16(2)9-13(19-23-16)24(21,22)10-12-14(18-20(3)15(12)17)11-7-5-4-6-8-11/h4-8H,9-10H2,1-3H3. The van der Waals surface area contributed by atoms with Gasteiger partial charge in [-0.2, -0.15) is 5.10 Å². The van der Waals surface area contributed by atoms with Gasteiger partial charge in [0.2, 0.25) is 0 Å². The highest BCUT2D eigenvalue weighted by atomic mass is 35.5. The van der Waals surface area contributed by atoms with Crippen LogP contribution in [0.5, 0.6) is 0 Å². The van der Waals surface area contributed by atoms with Crippen molar-refractivity contribution in [3.8, 4) is 11.3 Å². The monoisotopic (exact) mass is 367 g/mol. The molecule has 1 aromatic heterocycles. The zero-order valence-corrected chi connectivity index (χ0v) is 15.2. The van der Waals surface area contributed by atoms with E-state index in [4.69, 9.17) is 16.4 Å². The Morgan fingerprint density at radius 2 is 1.96 bits per heavy atom. The minimum Gasteiger partial charge on any atom is -0.389 e. The molecule has 0 N–H and O–H groups in total. The van der Waals surface area contributed by atoms with Crippen molar-refractivity contribution in [3.05, 3.63) is 41.0 Å². The summed E-state index contributed by atoms with van der Waals surface area (Å²) in [7, 11) is -1.95. The fourth-order valence-corrected chi connectivity index (χ4v) is 4.36. The van der Waals surface area contributed by atoms with Gasteiger partial charge in [0.25, 0.3) is 0 Å². The second-order valence-electron chi connectivity index (χ2n) is 6.38. The molecule has 128 valence electrons. The van der Waals surface area contributed by atoms with Crippen molar-refractivity contribution in [1.29, 1.82) is 0 Å². The van der Waals surface area contributed by atoms with Gasteiger partial charge >= 0.3 is 0 Å². The maximum Gasteiger partial charge on any atom is 0.199 e. The minimum atomic E-state index is -3.64. The molecule has 0 bridgehead atoms. The van der Waals surface area contributed by atoms with Crippen molar-refractivity contribution in [3.63, 3.8) is 0 Å². The van der Waals surface area contributed by atoms with E-state index in [1.165, 1.54) is 4.68 Å². The second-order valence-corrected chi connectivity index (χ2v) is 8.73. The maximum absolute atomic E-state index is 12.7. The first-order valence-electron chi connectivity index (χ1n) is 7.44. The summed E-state index contributed by atoms with van der Waals surface area (Å²) in [5.74, 6) is -0.262. The quantitative estimate of drug-likeness (QED) is 0.835. The lowest BCUT2D eigenvalue weighted by Gasteiger charge is -2.13. The fourth-order valence-electron chi connectivity index (χ4n) is 2.55. The first-order valence-corrected chi connectivity index (χ1v) is 9.47. The Bertz CT molecular complexity index is 902. The van der Waals surface area contributed by atoms with E-state index in [-0.39, 0.29) is 17.2 Å². The molecule has 1 aromatic carbocycles. The highest BCUT2D eigenvalue weighted by molar-refractivity contribution is 8.05. The van der Waals surface area contributed by atoms with Gasteiger partial charge in [-0.15, -0.1) is 0 Å². The van der Waals surface area contributed by atoms with E-state index in [0.29, 0.717) is 16.4 Å². The molecule has 1 aliphatic rings. The topological polar surface area (TPSA) is 73.5 Å². The lowest BCUT2D eigenvalue weighted by molar-refractivity contribution is 0.0123. The average molecular weight is 368 g/mol. The summed E-state index contributed by atoms with van der Waals surface area (Å²) in [5, 5.41) is 8.47. The molecule has 2 aromatic rings. The molecule has 3 rings (SSSR count). The Balaban J connectivity index is 1.99. The van der Waals surface area contributed by atoms with E-state index in [1.807, 2.05) is 30.3 Å². The number of aryl methyl sites for hydroxylation is 1. The van der Waals surface area contributed by atoms with Crippen LogP contribution >= 0.6 is 11.6 Å². The third-order valence-corrected chi connectivity index (χ3v) is 5.86. The molecular formula is C16H18ClN3O3S. The first kappa shape index (κ1) is 17.0. The van der Waals surface area contributed by atoms with Crippen LogP contribution in [0.25, 0.3) is 11.3 Å². The van der Waals surface area contributed by atoms with Crippen LogP contribution in [0.2, 0.25) is 5.15 Å². The molecule has 0 spiro atoms. The largest absolute Gasteiger partial charge is 0.389 e. The molecule has 6 nitrogen and oxygen atoms in total. The molecule has 0 saturated carbocycles. The molecule has 0 fully saturated rings. The summed E-state index contributed by atoms with van der Waals surface area (Å²) in [6, 6.07) is 9.36. The van der Waals surface area contributed by atoms with Crippen molar-refractivity contribution in [2.45, 2.75) is 31.6 Å². The Hall–Kier alpha value is -1.86. The minimum absolute atomic E-state index is 0.0476. The number of rotatable bonds is 3. The van der Waals surface area contributed by atoms with E-state index in [2.05, 4.69) is 10.3 Å². The highest BCUT2D eigenvalue weighted by Gasteiger charge is 2.37. The Labute approximate surface area is 146 Å². The van der Waals surface area contributed by atoms with Crippen molar-refractivity contribution in [2.24, 2.45) is 12.2 Å². The van der Waals surface area contributed by atoms with Gasteiger partial charge in [0.1, 0.15) is 10.8 Å². The summed E-state index contributed by atoms with van der Waals surface area (Å²) >= 11 is 6.30. The SMILES string of the molecule is Cn1nc(-c2ccccc2)c(CS(=O)(=O)C2=NOC(C)(C)C2)c1Cl. The second kappa shape index (κ2) is 5.89. The molecule has 2 heterocycles. The van der Waals surface area contributed by atoms with Gasteiger partial charge in [-0.25, -0.2) is 8.42 Å². The lowest BCUT2D eigenvalue weighted by atomic mass is 10.1. The van der Waals surface area contributed by atoms with E-state index < -0.39 is 15.4 Å². The van der Waals surface area contributed by atoms with Gasteiger partial charge in [0, 0.05) is 24.6 Å². The molecule has 0 amide bonds. The van der Waals surface area contributed by atoms with E-state index in [9.17, 15) is 8.42 Å². The Morgan fingerprint density at radius 3 is 2.54 bits per heavy atom. The van der Waals surface area contributed by atoms with Gasteiger partial charge < -0.3 is 4.84 Å². The number of hydrogen-bond acceptors (Lipinski definition) is 5. The molecule has 0 aliphatic carbocycles. The molecule has 0 atom stereocenters. The van der Waals surface area contributed by atoms with Crippen molar-refractivity contribution < 1.29 is 13.3 Å². The number of benzene rings is 1. The number of aromatic nitrogens is 2. The predicted molar refractivity (Wildman–Crippen MR) is 93.5 cm³/mol. The van der Waals surface area contributed by atoms with Crippen LogP contribution in [0.4, 0.5) is 0 Å². The molecule has 0 saturated heterocycles. The normalized spacial score (nSPS) is 16.8. The summed E-state index contributed by atoms with van der Waals surface area (Å²) in [6.07, 6.45) is 0.244. The average Bonchev–Trinajstić information content (AvgIpc) is 3.03. The van der Waals surface area contributed by atoms with Crippen LogP contribution in [-0.2, 0) is 27.5 Å². The highest BCUT2D eigenvalue weighted by Crippen LogP contribution is 2.32. The summed E-state index contributed by atoms with van der Waals surface area (Å²) in [4.78, 5) is 5.18. The van der Waals surface area contributed by atoms with Crippen LogP contribution in [0.3, 0.4) is 0 Å². The third-order valence-electron chi connectivity index (χ3n) is 3.78. The van der Waals surface area contributed by atoms with Crippen molar-refractivity contribution >= 4 is 26.5 Å². The number of hydrogen-bond donors (Lipinski definition) is 0. The van der Waals surface area contributed by atoms with Crippen LogP contribution < -0.4 is 0 Å². The molecule has 0 unspecified atom stereocenters. The number of nitrogens with zero attached hydrogens (tertiary/aromatic N) is 3. The number of sulfone groups is 1. The molecule has 0 radical (unpaired) electrons. The Morgan fingerprint density at radius 1 is 1.29 bits per heavy atom. The summed E-state index contributed by atoms with van der Waals surface area (Å²) in [5.41, 5.74) is 1.24. The fraction of sp³-hybridized carbons (Fsp3) is 0.375. The maximum atomic E-state index is 12.7. The van der Waals surface area contributed by atoms with Gasteiger partial charge in [0.15, 0.2) is 14.9 Å². The van der Waals surface area contributed by atoms with E-state index >= 15 is 0 Å². The summed E-state index contributed by atoms with van der Waals surface area (Å²) in [6.45, 7) is 3.59. The smallest absolute Gasteiger partial charge is 0.199 e. The zero-order chi connectivity index (χ0) is 17.5. The lowest BCUT2D eigenvalue weighted by Crippen LogP contribution is -2.23. The van der Waals surface area contributed by atoms with Crippen LogP contribution in [0.1, 0.15) is 25.8 Å². The summed E-state index contributed by atoms with van der Waals surface area (Å²) < 4.78 is 26.9. The third kappa shape index (κ3) is 3.18. The van der Waals surface area contributed by atoms with Gasteiger partial charge in [0.05, 0.1) is 11.4 Å². The van der Waals surface area contributed by atoms with E-state index in [0.717, 1.165) is 5.56 Å². The van der Waals surface area contributed by atoms with Crippen LogP contribution in [0, 0.1) is 0 Å². The molecular weight excluding hydrogens is 350 g/mol. The van der Waals surface area contributed by atoms with Crippen LogP contribution in [0.15, 0.2) is 35.5 Å². The van der Waals surface area contributed by atoms with Gasteiger partial charge in [-0.3, -0.25) is 4.68 Å². The number of oxime groups is 1. The molecule has 8 heteroatoms.